The lowest BCUT2D eigenvalue weighted by Crippen LogP contribution is -2.43. The standard InChI is InChI=1S/C22H19F2N3O3/c1-13(15-10-16(23)12-17(24)11-15)27(22(30)18-8-5-9-19(28)26-18)20(21(25)29)14-6-3-2-4-7-14/h2-13,20H,1H3,(H2,25,29)(H,26,28)/t13-,20-/m1/s1. The molecule has 2 amide bonds. The van der Waals surface area contributed by atoms with Crippen LogP contribution in [0.15, 0.2) is 71.5 Å². The lowest BCUT2D eigenvalue weighted by molar-refractivity contribution is -0.123. The van der Waals surface area contributed by atoms with Crippen molar-refractivity contribution in [3.63, 3.8) is 0 Å². The van der Waals surface area contributed by atoms with Gasteiger partial charge in [0.05, 0.1) is 6.04 Å². The molecule has 8 heteroatoms. The summed E-state index contributed by atoms with van der Waals surface area (Å²) >= 11 is 0. The maximum absolute atomic E-state index is 13.8. The zero-order valence-corrected chi connectivity index (χ0v) is 16.0. The predicted octanol–water partition coefficient (Wildman–Crippen LogP) is 3.08. The van der Waals surface area contributed by atoms with E-state index in [0.717, 1.165) is 17.0 Å². The first kappa shape index (κ1) is 20.9. The highest BCUT2D eigenvalue weighted by molar-refractivity contribution is 5.96. The number of halogens is 2. The van der Waals surface area contributed by atoms with Gasteiger partial charge in [-0.1, -0.05) is 36.4 Å². The number of nitrogens with zero attached hydrogens (tertiary/aromatic N) is 1. The molecule has 1 heterocycles. The summed E-state index contributed by atoms with van der Waals surface area (Å²) in [6, 6.07) is 12.9. The third kappa shape index (κ3) is 4.43. The fourth-order valence-corrected chi connectivity index (χ4v) is 3.30. The van der Waals surface area contributed by atoms with Crippen LogP contribution in [0, 0.1) is 11.6 Å². The molecule has 0 aliphatic heterocycles. The molecular weight excluding hydrogens is 392 g/mol. The Balaban J connectivity index is 2.17. The van der Waals surface area contributed by atoms with Crippen LogP contribution in [-0.2, 0) is 4.79 Å². The van der Waals surface area contributed by atoms with Crippen LogP contribution < -0.4 is 11.3 Å². The Morgan fingerprint density at radius 2 is 1.57 bits per heavy atom. The molecule has 3 aromatic rings. The van der Waals surface area contributed by atoms with Crippen molar-refractivity contribution in [2.75, 3.05) is 0 Å². The van der Waals surface area contributed by atoms with Gasteiger partial charge in [-0.15, -0.1) is 0 Å². The third-order valence-corrected chi connectivity index (χ3v) is 4.68. The van der Waals surface area contributed by atoms with E-state index < -0.39 is 41.1 Å². The molecule has 30 heavy (non-hydrogen) atoms. The van der Waals surface area contributed by atoms with E-state index in [0.29, 0.717) is 11.6 Å². The number of nitrogens with one attached hydrogen (secondary N) is 1. The summed E-state index contributed by atoms with van der Waals surface area (Å²) in [5.41, 5.74) is 5.58. The molecule has 0 bridgehead atoms. The molecule has 0 radical (unpaired) electrons. The summed E-state index contributed by atoms with van der Waals surface area (Å²) in [5, 5.41) is 0. The molecule has 0 aliphatic rings. The number of aromatic amines is 1. The first-order chi connectivity index (χ1) is 14.3. The van der Waals surface area contributed by atoms with Crippen LogP contribution in [-0.4, -0.2) is 21.7 Å². The largest absolute Gasteiger partial charge is 0.368 e. The van der Waals surface area contributed by atoms with Crippen LogP contribution in [0.3, 0.4) is 0 Å². The molecule has 154 valence electrons. The molecular formula is C22H19F2N3O3. The average molecular weight is 411 g/mol. The number of pyridine rings is 1. The second kappa shape index (κ2) is 8.69. The molecule has 3 N–H and O–H groups in total. The van der Waals surface area contributed by atoms with Crippen molar-refractivity contribution in [2.24, 2.45) is 5.73 Å². The molecule has 2 aromatic carbocycles. The van der Waals surface area contributed by atoms with Gasteiger partial charge in [0.25, 0.3) is 5.91 Å². The number of benzene rings is 2. The number of H-pyrrole nitrogens is 1. The van der Waals surface area contributed by atoms with Crippen molar-refractivity contribution in [1.29, 1.82) is 0 Å². The summed E-state index contributed by atoms with van der Waals surface area (Å²) in [4.78, 5) is 41.0. The SMILES string of the molecule is C[C@H](c1cc(F)cc(F)c1)N(C(=O)c1cccc(=O)[nH]1)[C@@H](C(N)=O)c1ccccc1. The third-order valence-electron chi connectivity index (χ3n) is 4.68. The van der Waals surface area contributed by atoms with Gasteiger partial charge in [-0.3, -0.25) is 14.4 Å². The molecule has 1 aromatic heterocycles. The number of primary amides is 1. The summed E-state index contributed by atoms with van der Waals surface area (Å²) < 4.78 is 27.7. The molecule has 0 fully saturated rings. The van der Waals surface area contributed by atoms with Crippen molar-refractivity contribution in [2.45, 2.75) is 19.0 Å². The van der Waals surface area contributed by atoms with Gasteiger partial charge in [0, 0.05) is 12.1 Å². The van der Waals surface area contributed by atoms with Crippen molar-refractivity contribution in [1.82, 2.24) is 9.88 Å². The number of amides is 2. The number of nitrogens with two attached hydrogens (primary N) is 1. The quantitative estimate of drug-likeness (QED) is 0.652. The second-order valence-corrected chi connectivity index (χ2v) is 6.74. The maximum atomic E-state index is 13.8. The van der Waals surface area contributed by atoms with Crippen LogP contribution in [0.25, 0.3) is 0 Å². The summed E-state index contributed by atoms with van der Waals surface area (Å²) in [6.07, 6.45) is 0. The van der Waals surface area contributed by atoms with Gasteiger partial charge in [-0.2, -0.15) is 0 Å². The molecule has 0 saturated carbocycles. The molecule has 0 aliphatic carbocycles. The minimum absolute atomic E-state index is 0.0894. The van der Waals surface area contributed by atoms with Gasteiger partial charge < -0.3 is 15.6 Å². The van der Waals surface area contributed by atoms with Crippen molar-refractivity contribution < 1.29 is 18.4 Å². The Kier molecular flexibility index (Phi) is 6.06. The Morgan fingerprint density at radius 1 is 0.933 bits per heavy atom. The van der Waals surface area contributed by atoms with E-state index in [4.69, 9.17) is 5.73 Å². The van der Waals surface area contributed by atoms with Gasteiger partial charge in [0.2, 0.25) is 11.5 Å². The Morgan fingerprint density at radius 3 is 2.13 bits per heavy atom. The van der Waals surface area contributed by atoms with Crippen LogP contribution in [0.1, 0.15) is 40.6 Å². The van der Waals surface area contributed by atoms with Crippen molar-refractivity contribution in [3.8, 4) is 0 Å². The van der Waals surface area contributed by atoms with Crippen LogP contribution in [0.2, 0.25) is 0 Å². The van der Waals surface area contributed by atoms with E-state index in [1.165, 1.54) is 25.1 Å². The highest BCUT2D eigenvalue weighted by Gasteiger charge is 2.35. The first-order valence-electron chi connectivity index (χ1n) is 9.10. The first-order valence-corrected chi connectivity index (χ1v) is 9.10. The highest BCUT2D eigenvalue weighted by atomic mass is 19.1. The van der Waals surface area contributed by atoms with Gasteiger partial charge in [-0.25, -0.2) is 8.78 Å². The van der Waals surface area contributed by atoms with E-state index in [2.05, 4.69) is 4.98 Å². The minimum Gasteiger partial charge on any atom is -0.368 e. The second-order valence-electron chi connectivity index (χ2n) is 6.74. The minimum atomic E-state index is -1.25. The topological polar surface area (TPSA) is 96.3 Å². The Bertz CT molecular complexity index is 1110. The van der Waals surface area contributed by atoms with E-state index in [1.54, 1.807) is 30.3 Å². The molecule has 0 spiro atoms. The smallest absolute Gasteiger partial charge is 0.271 e. The van der Waals surface area contributed by atoms with Gasteiger partial charge in [0.1, 0.15) is 23.4 Å². The Hall–Kier alpha value is -3.81. The van der Waals surface area contributed by atoms with Crippen molar-refractivity contribution >= 4 is 11.8 Å². The number of carbonyl (C=O) groups excluding carboxylic acids is 2. The van der Waals surface area contributed by atoms with Crippen LogP contribution in [0.5, 0.6) is 0 Å². The fourth-order valence-electron chi connectivity index (χ4n) is 3.30. The van der Waals surface area contributed by atoms with E-state index in [-0.39, 0.29) is 11.3 Å². The lowest BCUT2D eigenvalue weighted by atomic mass is 9.98. The van der Waals surface area contributed by atoms with E-state index in [9.17, 15) is 23.2 Å². The average Bonchev–Trinajstić information content (AvgIpc) is 2.70. The zero-order valence-electron chi connectivity index (χ0n) is 16.0. The highest BCUT2D eigenvalue weighted by Crippen LogP contribution is 2.32. The number of hydrogen-bond donors (Lipinski definition) is 2. The normalized spacial score (nSPS) is 12.8. The Labute approximate surface area is 171 Å². The number of hydrogen-bond acceptors (Lipinski definition) is 3. The van der Waals surface area contributed by atoms with Gasteiger partial charge in [-0.05, 0) is 36.2 Å². The van der Waals surface area contributed by atoms with E-state index in [1.807, 2.05) is 0 Å². The van der Waals surface area contributed by atoms with Crippen LogP contribution >= 0.6 is 0 Å². The molecule has 0 unspecified atom stereocenters. The molecule has 3 rings (SSSR count). The maximum Gasteiger partial charge on any atom is 0.271 e. The lowest BCUT2D eigenvalue weighted by Gasteiger charge is -2.35. The zero-order chi connectivity index (χ0) is 21.8. The molecule has 0 saturated heterocycles. The van der Waals surface area contributed by atoms with Crippen molar-refractivity contribution in [3.05, 3.63) is 106 Å². The molecule has 2 atom stereocenters. The van der Waals surface area contributed by atoms with Gasteiger partial charge in [0.15, 0.2) is 0 Å². The number of carbonyl (C=O) groups is 2. The molecule has 6 nitrogen and oxygen atoms in total. The van der Waals surface area contributed by atoms with Crippen LogP contribution in [0.4, 0.5) is 8.78 Å². The summed E-state index contributed by atoms with van der Waals surface area (Å²) in [5.74, 6) is -3.21. The predicted molar refractivity (Wildman–Crippen MR) is 106 cm³/mol. The number of rotatable bonds is 6. The monoisotopic (exact) mass is 411 g/mol. The summed E-state index contributed by atoms with van der Waals surface area (Å²) in [7, 11) is 0. The summed E-state index contributed by atoms with van der Waals surface area (Å²) in [6.45, 7) is 1.52. The number of aromatic nitrogens is 1. The van der Waals surface area contributed by atoms with Gasteiger partial charge >= 0.3 is 0 Å². The van der Waals surface area contributed by atoms with E-state index >= 15 is 0 Å². The fraction of sp³-hybridized carbons (Fsp3) is 0.136.